The molecule has 0 heterocycles. The van der Waals surface area contributed by atoms with Gasteiger partial charge in [-0.2, -0.15) is 0 Å². The van der Waals surface area contributed by atoms with E-state index in [4.69, 9.17) is 11.6 Å². The lowest BCUT2D eigenvalue weighted by Crippen LogP contribution is -2.17. The maximum atomic E-state index is 10.4. The van der Waals surface area contributed by atoms with E-state index in [0.29, 0.717) is 0 Å². The number of hydrogen-bond donors (Lipinski definition) is 0. The summed E-state index contributed by atoms with van der Waals surface area (Å²) in [7, 11) is 1.63. The van der Waals surface area contributed by atoms with Crippen LogP contribution in [0.5, 0.6) is 0 Å². The van der Waals surface area contributed by atoms with Crippen molar-refractivity contribution in [2.75, 3.05) is 7.05 Å². The van der Waals surface area contributed by atoms with Crippen LogP contribution in [0.2, 0.25) is 0 Å². The second-order valence-corrected chi connectivity index (χ2v) is 2.07. The van der Waals surface area contributed by atoms with Crippen LogP contribution in [0.4, 0.5) is 4.79 Å². The molecule has 0 aliphatic rings. The minimum atomic E-state index is -0.453. The van der Waals surface area contributed by atoms with Crippen LogP contribution in [0, 0.1) is 0 Å². The molecule has 9 heavy (non-hydrogen) atoms. The van der Waals surface area contributed by atoms with Crippen LogP contribution >= 0.6 is 11.6 Å². The average Bonchev–Trinajstić information content (AvgIpc) is 1.84. The molecule has 0 aromatic rings. The highest BCUT2D eigenvalue weighted by Gasteiger charge is 2.03. The highest BCUT2D eigenvalue weighted by atomic mass is 35.5. The molecule has 0 bridgehead atoms. The van der Waals surface area contributed by atoms with E-state index in [9.17, 15) is 4.79 Å². The summed E-state index contributed by atoms with van der Waals surface area (Å²) in [5.41, 5.74) is 0.856. The van der Waals surface area contributed by atoms with E-state index >= 15 is 0 Å². The second-order valence-electron chi connectivity index (χ2n) is 1.74. The molecule has 2 nitrogen and oxygen atoms in total. The molecule has 0 atom stereocenters. The van der Waals surface area contributed by atoms with Gasteiger partial charge in [-0.25, -0.2) is 0 Å². The van der Waals surface area contributed by atoms with Crippen LogP contribution in [0.1, 0.15) is 13.8 Å². The number of carbonyl (C=O) groups excluding carboxylic acids is 1. The van der Waals surface area contributed by atoms with Crippen molar-refractivity contribution in [3.8, 4) is 0 Å². The Balaban J connectivity index is 4.04. The van der Waals surface area contributed by atoms with Crippen LogP contribution in [0.15, 0.2) is 11.8 Å². The van der Waals surface area contributed by atoms with Gasteiger partial charge < -0.3 is 4.90 Å². The molecule has 1 amide bonds. The van der Waals surface area contributed by atoms with Gasteiger partial charge in [0, 0.05) is 12.7 Å². The lowest BCUT2D eigenvalue weighted by Gasteiger charge is -2.12. The predicted molar refractivity (Wildman–Crippen MR) is 38.4 cm³/mol. The quantitative estimate of drug-likeness (QED) is 0.411. The molecule has 0 unspecified atom stereocenters. The lowest BCUT2D eigenvalue weighted by atomic mass is 10.4. The maximum Gasteiger partial charge on any atom is 0.320 e. The molecule has 0 saturated carbocycles. The van der Waals surface area contributed by atoms with Crippen molar-refractivity contribution in [1.82, 2.24) is 4.90 Å². The largest absolute Gasteiger partial charge is 0.320 e. The van der Waals surface area contributed by atoms with Gasteiger partial charge in [-0.1, -0.05) is 6.08 Å². The fourth-order valence-electron chi connectivity index (χ4n) is 0.332. The number of nitrogens with zero attached hydrogens (tertiary/aromatic N) is 1. The van der Waals surface area contributed by atoms with Crippen molar-refractivity contribution in [2.24, 2.45) is 0 Å². The number of rotatable bonds is 1. The van der Waals surface area contributed by atoms with Crippen LogP contribution in [0.3, 0.4) is 0 Å². The van der Waals surface area contributed by atoms with Gasteiger partial charge in [-0.15, -0.1) is 0 Å². The number of halogens is 1. The molecule has 0 rings (SSSR count). The molecule has 0 aliphatic carbocycles. The summed E-state index contributed by atoms with van der Waals surface area (Å²) in [5, 5.41) is -0.453. The summed E-state index contributed by atoms with van der Waals surface area (Å²) in [6, 6.07) is 0. The highest BCUT2D eigenvalue weighted by Crippen LogP contribution is 2.02. The van der Waals surface area contributed by atoms with Gasteiger partial charge in [-0.05, 0) is 25.4 Å². The minimum absolute atomic E-state index is 0.453. The predicted octanol–water partition coefficient (Wildman–Crippen LogP) is 2.20. The zero-order chi connectivity index (χ0) is 7.44. The van der Waals surface area contributed by atoms with Crippen LogP contribution in [0.25, 0.3) is 0 Å². The third-order valence-electron chi connectivity index (χ3n) is 1.21. The van der Waals surface area contributed by atoms with Crippen molar-refractivity contribution in [3.63, 3.8) is 0 Å². The standard InChI is InChI=1S/C6H10ClNO/c1-4-5(2)8(3)6(7)9/h4H,1-3H3. The van der Waals surface area contributed by atoms with Crippen molar-refractivity contribution >= 4 is 17.0 Å². The van der Waals surface area contributed by atoms with Crippen molar-refractivity contribution in [2.45, 2.75) is 13.8 Å². The zero-order valence-electron chi connectivity index (χ0n) is 5.81. The lowest BCUT2D eigenvalue weighted by molar-refractivity contribution is 0.241. The van der Waals surface area contributed by atoms with E-state index in [1.165, 1.54) is 4.90 Å². The number of hydrogen-bond acceptors (Lipinski definition) is 1. The SMILES string of the molecule is CC=C(C)N(C)C(=O)Cl. The fraction of sp³-hybridized carbons (Fsp3) is 0.500. The first kappa shape index (κ1) is 8.50. The van der Waals surface area contributed by atoms with E-state index in [-0.39, 0.29) is 0 Å². The monoisotopic (exact) mass is 147 g/mol. The van der Waals surface area contributed by atoms with Crippen molar-refractivity contribution in [3.05, 3.63) is 11.8 Å². The normalized spacial score (nSPS) is 11.3. The molecule has 0 aromatic carbocycles. The Bertz CT molecular complexity index is 142. The Hall–Kier alpha value is -0.500. The summed E-state index contributed by atoms with van der Waals surface area (Å²) in [4.78, 5) is 11.8. The van der Waals surface area contributed by atoms with Crippen LogP contribution < -0.4 is 0 Å². The summed E-state index contributed by atoms with van der Waals surface area (Å²) in [6.45, 7) is 3.67. The zero-order valence-corrected chi connectivity index (χ0v) is 6.57. The Kier molecular flexibility index (Phi) is 3.32. The summed E-state index contributed by atoms with van der Waals surface area (Å²) >= 11 is 5.15. The third-order valence-corrected chi connectivity index (χ3v) is 1.46. The van der Waals surface area contributed by atoms with Gasteiger partial charge in [0.1, 0.15) is 0 Å². The van der Waals surface area contributed by atoms with Gasteiger partial charge in [0.2, 0.25) is 0 Å². The van der Waals surface area contributed by atoms with E-state index in [1.54, 1.807) is 7.05 Å². The Morgan fingerprint density at radius 2 is 2.11 bits per heavy atom. The highest BCUT2D eigenvalue weighted by molar-refractivity contribution is 6.63. The summed E-state index contributed by atoms with van der Waals surface area (Å²) in [6.07, 6.45) is 1.82. The third kappa shape index (κ3) is 2.51. The van der Waals surface area contributed by atoms with E-state index in [2.05, 4.69) is 0 Å². The number of carbonyl (C=O) groups is 1. The van der Waals surface area contributed by atoms with Gasteiger partial charge in [-0.3, -0.25) is 4.79 Å². The molecular weight excluding hydrogens is 138 g/mol. The molecule has 3 heteroatoms. The molecule has 0 radical (unpaired) electrons. The minimum Gasteiger partial charge on any atom is -0.306 e. The van der Waals surface area contributed by atoms with Gasteiger partial charge in [0.05, 0.1) is 0 Å². The fourth-order valence-corrected chi connectivity index (χ4v) is 0.466. The average molecular weight is 148 g/mol. The molecule has 0 saturated heterocycles. The molecule has 52 valence electrons. The van der Waals surface area contributed by atoms with E-state index in [1.807, 2.05) is 19.9 Å². The maximum absolute atomic E-state index is 10.4. The Morgan fingerprint density at radius 1 is 1.67 bits per heavy atom. The molecule has 0 spiro atoms. The molecule has 0 aromatic heterocycles. The molecule has 0 fully saturated rings. The first-order chi connectivity index (χ1) is 4.09. The van der Waals surface area contributed by atoms with Gasteiger partial charge >= 0.3 is 5.37 Å². The topological polar surface area (TPSA) is 20.3 Å². The van der Waals surface area contributed by atoms with Crippen LogP contribution in [-0.4, -0.2) is 17.3 Å². The second kappa shape index (κ2) is 3.51. The summed E-state index contributed by atoms with van der Waals surface area (Å²) < 4.78 is 0. The van der Waals surface area contributed by atoms with Crippen LogP contribution in [-0.2, 0) is 0 Å². The number of allylic oxidation sites excluding steroid dienone is 2. The van der Waals surface area contributed by atoms with E-state index < -0.39 is 5.37 Å². The van der Waals surface area contributed by atoms with Crippen molar-refractivity contribution < 1.29 is 4.79 Å². The first-order valence-corrected chi connectivity index (χ1v) is 3.03. The summed E-state index contributed by atoms with van der Waals surface area (Å²) in [5.74, 6) is 0. The Morgan fingerprint density at radius 3 is 2.22 bits per heavy atom. The number of amides is 1. The smallest absolute Gasteiger partial charge is 0.306 e. The molecule has 0 N–H and O–H groups in total. The van der Waals surface area contributed by atoms with Gasteiger partial charge in [0.15, 0.2) is 0 Å². The molecule has 0 aliphatic heterocycles. The Labute approximate surface area is 60.1 Å². The molecular formula is C6H10ClNO. The van der Waals surface area contributed by atoms with E-state index in [0.717, 1.165) is 5.70 Å². The van der Waals surface area contributed by atoms with Gasteiger partial charge in [0.25, 0.3) is 0 Å². The van der Waals surface area contributed by atoms with Crippen molar-refractivity contribution in [1.29, 1.82) is 0 Å². The first-order valence-electron chi connectivity index (χ1n) is 2.65.